The zero-order valence-electron chi connectivity index (χ0n) is 21.3. The third-order valence-electron chi connectivity index (χ3n) is 6.31. The smallest absolute Gasteiger partial charge is 0.337 e. The molecule has 1 aliphatic rings. The fourth-order valence-corrected chi connectivity index (χ4v) is 4.36. The van der Waals surface area contributed by atoms with E-state index >= 15 is 0 Å². The molecule has 8 heteroatoms. The van der Waals surface area contributed by atoms with E-state index in [1.807, 2.05) is 67.3 Å². The van der Waals surface area contributed by atoms with Crippen LogP contribution in [-0.4, -0.2) is 62.6 Å². The van der Waals surface area contributed by atoms with Gasteiger partial charge in [0.2, 0.25) is 0 Å². The number of benzene rings is 3. The number of rotatable bonds is 7. The minimum atomic E-state index is -0.494. The lowest BCUT2D eigenvalue weighted by Crippen LogP contribution is -2.49. The molecule has 0 saturated carbocycles. The van der Waals surface area contributed by atoms with Gasteiger partial charge < -0.3 is 24.6 Å². The van der Waals surface area contributed by atoms with Crippen molar-refractivity contribution in [3.63, 3.8) is 0 Å². The first kappa shape index (κ1) is 25.8. The number of hydrogen-bond acceptors (Lipinski definition) is 6. The highest BCUT2D eigenvalue weighted by atomic mass is 16.5. The lowest BCUT2D eigenvalue weighted by Gasteiger charge is -2.37. The summed E-state index contributed by atoms with van der Waals surface area (Å²) in [6, 6.07) is 20.1. The number of hydrogen-bond donors (Lipinski definition) is 1. The van der Waals surface area contributed by atoms with Crippen LogP contribution in [0.3, 0.4) is 0 Å². The highest BCUT2D eigenvalue weighted by Gasteiger charge is 2.24. The van der Waals surface area contributed by atoms with Crippen molar-refractivity contribution in [1.82, 2.24) is 4.90 Å². The van der Waals surface area contributed by atoms with Gasteiger partial charge in [0.15, 0.2) is 6.61 Å². The molecule has 0 bridgehead atoms. The number of amides is 2. The van der Waals surface area contributed by atoms with Crippen LogP contribution in [0.15, 0.2) is 66.7 Å². The Hall–Kier alpha value is -4.33. The minimum Gasteiger partial charge on any atom is -0.483 e. The Bertz CT molecular complexity index is 1280. The van der Waals surface area contributed by atoms with Crippen molar-refractivity contribution < 1.29 is 23.9 Å². The van der Waals surface area contributed by atoms with E-state index in [0.717, 1.165) is 16.8 Å². The molecule has 1 N–H and O–H groups in total. The molecule has 0 aromatic heterocycles. The number of piperazine rings is 1. The molecule has 1 saturated heterocycles. The third-order valence-corrected chi connectivity index (χ3v) is 6.31. The van der Waals surface area contributed by atoms with Crippen molar-refractivity contribution in [3.8, 4) is 5.75 Å². The van der Waals surface area contributed by atoms with Crippen LogP contribution in [0.25, 0.3) is 0 Å². The summed E-state index contributed by atoms with van der Waals surface area (Å²) in [7, 11) is 1.31. The van der Waals surface area contributed by atoms with E-state index in [2.05, 4.69) is 10.2 Å². The van der Waals surface area contributed by atoms with Crippen molar-refractivity contribution in [2.45, 2.75) is 13.8 Å². The van der Waals surface area contributed by atoms with Crippen LogP contribution in [0, 0.1) is 13.8 Å². The standard InChI is InChI=1S/C29H31N3O5/c1-20-9-12-26(21(2)17-20)37-19-27(33)30-24-18-23(29(35)36-3)10-11-25(24)31-13-15-32(16-14-31)28(34)22-7-5-4-6-8-22/h4-12,17-18H,13-16,19H2,1-3H3,(H,30,33). The van der Waals surface area contributed by atoms with Crippen LogP contribution in [0.1, 0.15) is 31.8 Å². The Morgan fingerprint density at radius 1 is 0.865 bits per heavy atom. The zero-order chi connectivity index (χ0) is 26.4. The topological polar surface area (TPSA) is 88.2 Å². The maximum absolute atomic E-state index is 12.8. The summed E-state index contributed by atoms with van der Waals surface area (Å²) in [5, 5.41) is 2.89. The van der Waals surface area contributed by atoms with Crippen molar-refractivity contribution >= 4 is 29.2 Å². The van der Waals surface area contributed by atoms with E-state index in [4.69, 9.17) is 9.47 Å². The van der Waals surface area contributed by atoms with E-state index in [0.29, 0.717) is 48.7 Å². The number of nitrogens with zero attached hydrogens (tertiary/aromatic N) is 2. The van der Waals surface area contributed by atoms with Crippen LogP contribution in [0.4, 0.5) is 11.4 Å². The Morgan fingerprint density at radius 2 is 1.59 bits per heavy atom. The Morgan fingerprint density at radius 3 is 2.27 bits per heavy atom. The monoisotopic (exact) mass is 501 g/mol. The number of esters is 1. The number of carbonyl (C=O) groups excluding carboxylic acids is 3. The summed E-state index contributed by atoms with van der Waals surface area (Å²) in [6.07, 6.45) is 0. The predicted octanol–water partition coefficient (Wildman–Crippen LogP) is 4.07. The predicted molar refractivity (Wildman–Crippen MR) is 142 cm³/mol. The summed E-state index contributed by atoms with van der Waals surface area (Å²) in [6.45, 7) is 5.99. The van der Waals surface area contributed by atoms with Gasteiger partial charge in [0.25, 0.3) is 11.8 Å². The highest BCUT2D eigenvalue weighted by Crippen LogP contribution is 2.29. The molecule has 37 heavy (non-hydrogen) atoms. The maximum atomic E-state index is 12.8. The first-order valence-corrected chi connectivity index (χ1v) is 12.2. The van der Waals surface area contributed by atoms with Gasteiger partial charge in [-0.3, -0.25) is 9.59 Å². The summed E-state index contributed by atoms with van der Waals surface area (Å²) in [5.41, 5.74) is 4.30. The molecule has 1 aliphatic heterocycles. The second-order valence-corrected chi connectivity index (χ2v) is 8.97. The van der Waals surface area contributed by atoms with Crippen LogP contribution in [0.5, 0.6) is 5.75 Å². The molecule has 0 atom stereocenters. The van der Waals surface area contributed by atoms with Crippen LogP contribution < -0.4 is 15.0 Å². The van der Waals surface area contributed by atoms with Gasteiger partial charge in [0.05, 0.1) is 24.0 Å². The zero-order valence-corrected chi connectivity index (χ0v) is 21.3. The maximum Gasteiger partial charge on any atom is 0.337 e. The Kier molecular flexibility index (Phi) is 8.08. The normalized spacial score (nSPS) is 13.2. The Balaban J connectivity index is 1.46. The molecule has 2 amide bonds. The number of aryl methyl sites for hydroxylation is 2. The molecular weight excluding hydrogens is 470 g/mol. The molecular formula is C29H31N3O5. The molecule has 1 heterocycles. The fourth-order valence-electron chi connectivity index (χ4n) is 4.36. The van der Waals surface area contributed by atoms with Crippen molar-refractivity contribution in [2.75, 3.05) is 50.1 Å². The van der Waals surface area contributed by atoms with Crippen molar-refractivity contribution in [3.05, 3.63) is 89.0 Å². The molecule has 0 unspecified atom stereocenters. The van der Waals surface area contributed by atoms with Crippen LogP contribution in [-0.2, 0) is 9.53 Å². The molecule has 3 aromatic carbocycles. The van der Waals surface area contributed by atoms with E-state index in [1.54, 1.807) is 18.2 Å². The number of methoxy groups -OCH3 is 1. The van der Waals surface area contributed by atoms with Crippen LogP contribution >= 0.6 is 0 Å². The van der Waals surface area contributed by atoms with Crippen molar-refractivity contribution in [2.24, 2.45) is 0 Å². The minimum absolute atomic E-state index is 0.00152. The van der Waals surface area contributed by atoms with E-state index in [-0.39, 0.29) is 18.4 Å². The van der Waals surface area contributed by atoms with Crippen molar-refractivity contribution in [1.29, 1.82) is 0 Å². The number of nitrogens with one attached hydrogen (secondary N) is 1. The lowest BCUT2D eigenvalue weighted by atomic mass is 10.1. The largest absolute Gasteiger partial charge is 0.483 e. The van der Waals surface area contributed by atoms with E-state index in [1.165, 1.54) is 7.11 Å². The molecule has 0 radical (unpaired) electrons. The molecule has 0 spiro atoms. The van der Waals surface area contributed by atoms with E-state index in [9.17, 15) is 14.4 Å². The molecule has 4 rings (SSSR count). The molecule has 8 nitrogen and oxygen atoms in total. The second-order valence-electron chi connectivity index (χ2n) is 8.97. The summed E-state index contributed by atoms with van der Waals surface area (Å²) >= 11 is 0. The number of carbonyl (C=O) groups is 3. The first-order chi connectivity index (χ1) is 17.9. The van der Waals surface area contributed by atoms with Gasteiger partial charge in [-0.25, -0.2) is 4.79 Å². The van der Waals surface area contributed by atoms with Gasteiger partial charge >= 0.3 is 5.97 Å². The number of anilines is 2. The molecule has 0 aliphatic carbocycles. The lowest BCUT2D eigenvalue weighted by molar-refractivity contribution is -0.118. The Labute approximate surface area is 216 Å². The number of ether oxygens (including phenoxy) is 2. The summed E-state index contributed by atoms with van der Waals surface area (Å²) < 4.78 is 10.6. The quantitative estimate of drug-likeness (QED) is 0.491. The third kappa shape index (κ3) is 6.27. The molecule has 192 valence electrons. The summed E-state index contributed by atoms with van der Waals surface area (Å²) in [5.74, 6) is -0.199. The molecule has 3 aromatic rings. The fraction of sp³-hybridized carbons (Fsp3) is 0.276. The SMILES string of the molecule is COC(=O)c1ccc(N2CCN(C(=O)c3ccccc3)CC2)c(NC(=O)COc2ccc(C)cc2C)c1. The average Bonchev–Trinajstić information content (AvgIpc) is 2.92. The average molecular weight is 502 g/mol. The van der Waals surface area contributed by atoms with E-state index < -0.39 is 5.97 Å². The summed E-state index contributed by atoms with van der Waals surface area (Å²) in [4.78, 5) is 41.7. The van der Waals surface area contributed by atoms with Gasteiger partial charge in [0.1, 0.15) is 5.75 Å². The second kappa shape index (κ2) is 11.6. The van der Waals surface area contributed by atoms with Gasteiger partial charge in [-0.05, 0) is 55.8 Å². The van der Waals surface area contributed by atoms with Gasteiger partial charge in [-0.15, -0.1) is 0 Å². The van der Waals surface area contributed by atoms with Crippen LogP contribution in [0.2, 0.25) is 0 Å². The first-order valence-electron chi connectivity index (χ1n) is 12.2. The van der Waals surface area contributed by atoms with Gasteiger partial charge in [0, 0.05) is 31.7 Å². The highest BCUT2D eigenvalue weighted by molar-refractivity contribution is 5.99. The molecule has 1 fully saturated rings. The van der Waals surface area contributed by atoms with Gasteiger partial charge in [-0.1, -0.05) is 35.9 Å². The van der Waals surface area contributed by atoms with Gasteiger partial charge in [-0.2, -0.15) is 0 Å².